The Morgan fingerprint density at radius 1 is 0.967 bits per heavy atom. The van der Waals surface area contributed by atoms with Crippen LogP contribution in [0.4, 0.5) is 14.9 Å². The Kier molecular flexibility index (Phi) is 7.05. The minimum atomic E-state index is -3.62. The normalized spacial score (nSPS) is 13.9. The van der Waals surface area contributed by atoms with Gasteiger partial charge >= 0.3 is 6.03 Å². The van der Waals surface area contributed by atoms with E-state index in [1.165, 1.54) is 36.4 Å². The lowest BCUT2D eigenvalue weighted by atomic mass is 9.92. The van der Waals surface area contributed by atoms with Crippen molar-refractivity contribution in [3.8, 4) is 0 Å². The van der Waals surface area contributed by atoms with Crippen molar-refractivity contribution in [1.29, 1.82) is 0 Å². The van der Waals surface area contributed by atoms with E-state index in [-0.39, 0.29) is 21.6 Å². The number of halogens is 1. The summed E-state index contributed by atoms with van der Waals surface area (Å²) in [6.45, 7) is 7.45. The van der Waals surface area contributed by atoms with Crippen molar-refractivity contribution >= 4 is 31.5 Å². The van der Waals surface area contributed by atoms with Crippen molar-refractivity contribution < 1.29 is 21.8 Å². The number of anilines is 1. The molecule has 2 aromatic carbocycles. The maximum atomic E-state index is 14.0. The average Bonchev–Trinajstić information content (AvgIpc) is 2.61. The summed E-state index contributed by atoms with van der Waals surface area (Å²) < 4.78 is 53.5. The number of urea groups is 1. The summed E-state index contributed by atoms with van der Waals surface area (Å²) in [5.41, 5.74) is 1.59. The van der Waals surface area contributed by atoms with E-state index in [9.17, 15) is 21.8 Å². The van der Waals surface area contributed by atoms with Crippen molar-refractivity contribution in [3.05, 3.63) is 53.3 Å². The zero-order valence-electron chi connectivity index (χ0n) is 17.5. The molecule has 2 rings (SSSR count). The molecule has 30 heavy (non-hydrogen) atoms. The van der Waals surface area contributed by atoms with Crippen molar-refractivity contribution in [2.75, 3.05) is 11.6 Å². The highest BCUT2D eigenvalue weighted by Crippen LogP contribution is 2.33. The first-order chi connectivity index (χ1) is 13.7. The van der Waals surface area contributed by atoms with Gasteiger partial charge in [0.05, 0.1) is 9.79 Å². The predicted molar refractivity (Wildman–Crippen MR) is 116 cm³/mol. The van der Waals surface area contributed by atoms with E-state index in [0.29, 0.717) is 16.8 Å². The largest absolute Gasteiger partial charge is 0.354 e. The second-order valence-electron chi connectivity index (χ2n) is 7.60. The smallest absolute Gasteiger partial charge is 0.305 e. The van der Waals surface area contributed by atoms with E-state index < -0.39 is 31.6 Å². The number of rotatable bonds is 5. The average molecular weight is 456 g/mol. The molecule has 0 aliphatic rings. The third-order valence-electron chi connectivity index (χ3n) is 4.45. The number of hydrogen-bond donors (Lipinski definition) is 2. The fraction of sp³-hybridized carbons (Fsp3) is 0.350. The fourth-order valence-electron chi connectivity index (χ4n) is 2.89. The first-order valence-corrected chi connectivity index (χ1v) is 12.7. The number of carbonyl (C=O) groups excluding carboxylic acids is 1. The quantitative estimate of drug-likeness (QED) is 0.694. The molecular formula is C20H26FN3O4S2. The molecule has 164 valence electrons. The molecule has 0 unspecified atom stereocenters. The molecule has 3 N–H and O–H groups in total. The molecule has 0 aromatic heterocycles. The molecule has 7 nitrogen and oxygen atoms in total. The van der Waals surface area contributed by atoms with Gasteiger partial charge < -0.3 is 5.32 Å². The Morgan fingerprint density at radius 2 is 1.40 bits per heavy atom. The number of hydrogen-bond acceptors (Lipinski definition) is 4. The molecule has 0 bridgehead atoms. The van der Waals surface area contributed by atoms with Crippen LogP contribution in [0.2, 0.25) is 0 Å². The van der Waals surface area contributed by atoms with Crippen molar-refractivity contribution in [3.63, 3.8) is 0 Å². The maximum Gasteiger partial charge on any atom is 0.354 e. The van der Waals surface area contributed by atoms with Crippen LogP contribution in [-0.2, 0) is 19.8 Å². The number of nitrogens with two attached hydrogens (primary N) is 1. The predicted octanol–water partition coefficient (Wildman–Crippen LogP) is 4.41. The number of sulfone groups is 1. The third-order valence-corrected chi connectivity index (χ3v) is 6.96. The Balaban J connectivity index is 2.45. The SMILES string of the molecule is CC(C)c1cc(F)cc(C(C)C)c1NC(=O)N=[S@@](N)(=O)c1ccc(S(C)(=O)=O)cc1. The van der Waals surface area contributed by atoms with Crippen LogP contribution in [0.1, 0.15) is 50.7 Å². The molecule has 0 aliphatic heterocycles. The number of amides is 2. The molecule has 0 heterocycles. The van der Waals surface area contributed by atoms with Crippen LogP contribution in [-0.4, -0.2) is 24.9 Å². The summed E-state index contributed by atoms with van der Waals surface area (Å²) in [5, 5.41) is 8.37. The van der Waals surface area contributed by atoms with Crippen molar-refractivity contribution in [2.45, 2.75) is 49.3 Å². The van der Waals surface area contributed by atoms with Crippen LogP contribution in [0.25, 0.3) is 0 Å². The molecule has 0 saturated carbocycles. The summed E-state index contributed by atoms with van der Waals surface area (Å²) in [6, 6.07) is 6.76. The summed E-state index contributed by atoms with van der Waals surface area (Å²) in [7, 11) is -7.05. The van der Waals surface area contributed by atoms with Crippen LogP contribution in [0, 0.1) is 5.82 Å². The number of carbonyl (C=O) groups is 1. The number of benzene rings is 2. The monoisotopic (exact) mass is 455 g/mol. The van der Waals surface area contributed by atoms with Gasteiger partial charge in [0.15, 0.2) is 9.84 Å². The topological polar surface area (TPSA) is 119 Å². The first kappa shape index (κ1) is 24.0. The summed E-state index contributed by atoms with van der Waals surface area (Å²) in [4.78, 5) is 12.6. The molecule has 0 spiro atoms. The highest BCUT2D eigenvalue weighted by atomic mass is 32.2. The minimum absolute atomic E-state index is 0.0114. The number of nitrogens with zero attached hydrogens (tertiary/aromatic N) is 1. The van der Waals surface area contributed by atoms with Crippen LogP contribution >= 0.6 is 0 Å². The zero-order valence-corrected chi connectivity index (χ0v) is 19.1. The second kappa shape index (κ2) is 8.83. The van der Waals surface area contributed by atoms with Crippen LogP contribution in [0.15, 0.2) is 50.6 Å². The Labute approximate surface area is 177 Å². The first-order valence-electron chi connectivity index (χ1n) is 9.21. The lowest BCUT2D eigenvalue weighted by Crippen LogP contribution is -2.19. The van der Waals surface area contributed by atoms with Crippen molar-refractivity contribution in [2.24, 2.45) is 9.50 Å². The molecule has 0 saturated heterocycles. The third kappa shape index (κ3) is 5.65. The lowest BCUT2D eigenvalue weighted by molar-refractivity contribution is 0.260. The van der Waals surface area contributed by atoms with E-state index in [4.69, 9.17) is 5.14 Å². The van der Waals surface area contributed by atoms with Gasteiger partial charge in [-0.1, -0.05) is 27.7 Å². The van der Waals surface area contributed by atoms with Crippen LogP contribution in [0.3, 0.4) is 0 Å². The highest BCUT2D eigenvalue weighted by molar-refractivity contribution is 7.92. The van der Waals surface area contributed by atoms with Gasteiger partial charge in [-0.3, -0.25) is 0 Å². The van der Waals surface area contributed by atoms with Gasteiger partial charge in [-0.25, -0.2) is 27.0 Å². The molecule has 1 atom stereocenters. The van der Waals surface area contributed by atoms with Gasteiger partial charge in [-0.2, -0.15) is 0 Å². The van der Waals surface area contributed by atoms with Crippen LogP contribution in [0.5, 0.6) is 0 Å². The van der Waals surface area contributed by atoms with E-state index in [2.05, 4.69) is 9.68 Å². The van der Waals surface area contributed by atoms with Gasteiger partial charge in [0.1, 0.15) is 15.7 Å². The molecule has 2 amide bonds. The van der Waals surface area contributed by atoms with Crippen molar-refractivity contribution in [1.82, 2.24) is 0 Å². The molecule has 0 aliphatic carbocycles. The van der Waals surface area contributed by atoms with E-state index in [1.807, 2.05) is 27.7 Å². The molecular weight excluding hydrogens is 429 g/mol. The van der Waals surface area contributed by atoms with E-state index in [1.54, 1.807) is 0 Å². The Hall–Kier alpha value is -2.30. The number of nitrogens with one attached hydrogen (secondary N) is 1. The summed E-state index contributed by atoms with van der Waals surface area (Å²) in [6.07, 6.45) is 1.04. The molecule has 10 heteroatoms. The summed E-state index contributed by atoms with van der Waals surface area (Å²) >= 11 is 0. The van der Waals surface area contributed by atoms with E-state index >= 15 is 0 Å². The van der Waals surface area contributed by atoms with Gasteiger partial charge in [0, 0.05) is 11.9 Å². The fourth-order valence-corrected chi connectivity index (χ4v) is 4.45. The zero-order chi connectivity index (χ0) is 22.9. The van der Waals surface area contributed by atoms with Gasteiger partial charge in [-0.15, -0.1) is 4.36 Å². The standard InChI is InChI=1S/C20H26FN3O4S2/c1-12(2)17-10-14(21)11-18(13(3)4)19(17)23-20(25)24-30(22,28)16-8-6-15(7-9-16)29(5,26)27/h6-13H,1-5H3,(H3,22,23,24,25,28)/t30-/m1/s1. The summed E-state index contributed by atoms with van der Waals surface area (Å²) in [5.74, 6) is -0.579. The molecule has 2 aromatic rings. The Morgan fingerprint density at radius 3 is 1.80 bits per heavy atom. The molecule has 0 fully saturated rings. The van der Waals surface area contributed by atoms with Gasteiger partial charge in [0.2, 0.25) is 0 Å². The van der Waals surface area contributed by atoms with Crippen LogP contribution < -0.4 is 10.5 Å². The minimum Gasteiger partial charge on any atom is -0.305 e. The Bertz CT molecular complexity index is 1150. The van der Waals surface area contributed by atoms with Gasteiger partial charge in [-0.05, 0) is 59.4 Å². The van der Waals surface area contributed by atoms with Gasteiger partial charge in [0.25, 0.3) is 0 Å². The second-order valence-corrected chi connectivity index (χ2v) is 11.4. The van der Waals surface area contributed by atoms with E-state index in [0.717, 1.165) is 6.26 Å². The maximum absolute atomic E-state index is 14.0. The molecule has 0 radical (unpaired) electrons. The lowest BCUT2D eigenvalue weighted by Gasteiger charge is -2.20. The highest BCUT2D eigenvalue weighted by Gasteiger charge is 2.19.